The Morgan fingerprint density at radius 2 is 2.11 bits per heavy atom. The van der Waals surface area contributed by atoms with Gasteiger partial charge in [-0.15, -0.1) is 6.42 Å². The lowest BCUT2D eigenvalue weighted by Crippen LogP contribution is -2.44. The maximum Gasteiger partial charge on any atom is 0.354 e. The van der Waals surface area contributed by atoms with E-state index < -0.39 is 17.5 Å². The molecule has 0 saturated heterocycles. The molecule has 1 aromatic heterocycles. The summed E-state index contributed by atoms with van der Waals surface area (Å²) in [4.78, 5) is 25.8. The summed E-state index contributed by atoms with van der Waals surface area (Å²) >= 11 is 0. The van der Waals surface area contributed by atoms with Crippen LogP contribution >= 0.6 is 0 Å². The van der Waals surface area contributed by atoms with E-state index in [2.05, 4.69) is 21.5 Å². The van der Waals surface area contributed by atoms with Crippen LogP contribution in [0.2, 0.25) is 0 Å². The molecule has 0 saturated carbocycles. The summed E-state index contributed by atoms with van der Waals surface area (Å²) in [7, 11) is 0. The van der Waals surface area contributed by atoms with Crippen LogP contribution in [0, 0.1) is 12.3 Å². The first-order valence-electron chi connectivity index (χ1n) is 5.10. The fourth-order valence-electron chi connectivity index (χ4n) is 1.08. The van der Waals surface area contributed by atoms with Gasteiger partial charge in [0.15, 0.2) is 0 Å². The molecule has 0 aliphatic heterocycles. The third kappa shape index (κ3) is 3.79. The van der Waals surface area contributed by atoms with Crippen LogP contribution in [0.5, 0.6) is 0 Å². The number of carboxylic acids is 1. The lowest BCUT2D eigenvalue weighted by atomic mass is 10.1. The molecular weight excluding hydrogens is 234 g/mol. The number of aromatic carboxylic acids is 1. The van der Waals surface area contributed by atoms with Gasteiger partial charge in [-0.1, -0.05) is 5.92 Å². The van der Waals surface area contributed by atoms with E-state index in [1.165, 1.54) is 18.3 Å². The number of aromatic nitrogens is 1. The molecule has 0 aromatic carbocycles. The second kappa shape index (κ2) is 5.19. The number of carbonyl (C=O) groups excluding carboxylic acids is 1. The normalized spacial score (nSPS) is 10.3. The maximum absolute atomic E-state index is 11.5. The van der Waals surface area contributed by atoms with Gasteiger partial charge in [-0.2, -0.15) is 0 Å². The van der Waals surface area contributed by atoms with Gasteiger partial charge in [-0.05, 0) is 26.0 Å². The second-order valence-corrected chi connectivity index (χ2v) is 4.09. The number of amides is 2. The lowest BCUT2D eigenvalue weighted by molar-refractivity contribution is 0.0690. The zero-order valence-electron chi connectivity index (χ0n) is 10.0. The zero-order chi connectivity index (χ0) is 13.8. The number of terminal acetylenes is 1. The van der Waals surface area contributed by atoms with E-state index in [0.717, 1.165) is 0 Å². The van der Waals surface area contributed by atoms with Crippen molar-refractivity contribution in [1.82, 2.24) is 10.3 Å². The minimum Gasteiger partial charge on any atom is -0.477 e. The number of anilines is 1. The molecule has 1 aromatic rings. The topological polar surface area (TPSA) is 91.3 Å². The van der Waals surface area contributed by atoms with Crippen molar-refractivity contribution in [2.75, 3.05) is 5.32 Å². The number of urea groups is 1. The Labute approximate surface area is 104 Å². The zero-order valence-corrected chi connectivity index (χ0v) is 10.0. The standard InChI is InChI=1S/C12H13N3O3/c1-4-12(2,3)15-11(18)14-8-5-6-9(10(16)17)13-7-8/h1,5-7H,2-3H3,(H,16,17)(H2,14,15,18). The number of carbonyl (C=O) groups is 2. The summed E-state index contributed by atoms with van der Waals surface area (Å²) in [6.07, 6.45) is 6.49. The van der Waals surface area contributed by atoms with Crippen molar-refractivity contribution < 1.29 is 14.7 Å². The van der Waals surface area contributed by atoms with Crippen molar-refractivity contribution in [3.05, 3.63) is 24.0 Å². The van der Waals surface area contributed by atoms with Crippen LogP contribution in [0.25, 0.3) is 0 Å². The van der Waals surface area contributed by atoms with Crippen molar-refractivity contribution >= 4 is 17.7 Å². The van der Waals surface area contributed by atoms with Crippen molar-refractivity contribution in [3.63, 3.8) is 0 Å². The van der Waals surface area contributed by atoms with E-state index in [0.29, 0.717) is 5.69 Å². The smallest absolute Gasteiger partial charge is 0.354 e. The Kier molecular flexibility index (Phi) is 3.89. The highest BCUT2D eigenvalue weighted by atomic mass is 16.4. The van der Waals surface area contributed by atoms with Crippen LogP contribution in [-0.4, -0.2) is 27.6 Å². The molecular formula is C12H13N3O3. The second-order valence-electron chi connectivity index (χ2n) is 4.09. The van der Waals surface area contributed by atoms with Crippen LogP contribution in [0.3, 0.4) is 0 Å². The van der Waals surface area contributed by atoms with Gasteiger partial charge in [0.2, 0.25) is 0 Å². The average Bonchev–Trinajstić information content (AvgIpc) is 2.29. The van der Waals surface area contributed by atoms with Gasteiger partial charge in [-0.25, -0.2) is 14.6 Å². The van der Waals surface area contributed by atoms with E-state index in [4.69, 9.17) is 11.5 Å². The Morgan fingerprint density at radius 1 is 1.44 bits per heavy atom. The lowest BCUT2D eigenvalue weighted by Gasteiger charge is -2.19. The molecule has 6 heteroatoms. The molecule has 0 bridgehead atoms. The first kappa shape index (κ1) is 13.5. The molecule has 94 valence electrons. The first-order valence-corrected chi connectivity index (χ1v) is 5.10. The van der Waals surface area contributed by atoms with E-state index in [9.17, 15) is 9.59 Å². The van der Waals surface area contributed by atoms with Crippen molar-refractivity contribution in [3.8, 4) is 12.3 Å². The Bertz CT molecular complexity index is 500. The molecule has 0 aliphatic rings. The first-order chi connectivity index (χ1) is 8.34. The van der Waals surface area contributed by atoms with Crippen LogP contribution < -0.4 is 10.6 Å². The van der Waals surface area contributed by atoms with Crippen LogP contribution in [0.1, 0.15) is 24.3 Å². The summed E-state index contributed by atoms with van der Waals surface area (Å²) in [5, 5.41) is 13.7. The third-order valence-corrected chi connectivity index (χ3v) is 2.03. The number of hydrogen-bond acceptors (Lipinski definition) is 3. The molecule has 0 radical (unpaired) electrons. The fourth-order valence-corrected chi connectivity index (χ4v) is 1.08. The molecule has 2 amide bonds. The van der Waals surface area contributed by atoms with Gasteiger partial charge in [0, 0.05) is 0 Å². The summed E-state index contributed by atoms with van der Waals surface area (Å²) < 4.78 is 0. The van der Waals surface area contributed by atoms with Crippen molar-refractivity contribution in [1.29, 1.82) is 0 Å². The quantitative estimate of drug-likeness (QED) is 0.702. The minimum atomic E-state index is -1.13. The molecule has 0 spiro atoms. The van der Waals surface area contributed by atoms with Crippen molar-refractivity contribution in [2.45, 2.75) is 19.4 Å². The number of hydrogen-bond donors (Lipinski definition) is 3. The third-order valence-electron chi connectivity index (χ3n) is 2.03. The maximum atomic E-state index is 11.5. The van der Waals surface area contributed by atoms with Gasteiger partial charge < -0.3 is 15.7 Å². The fraction of sp³-hybridized carbons (Fsp3) is 0.250. The predicted octanol–water partition coefficient (Wildman–Crippen LogP) is 1.31. The highest BCUT2D eigenvalue weighted by Gasteiger charge is 2.16. The SMILES string of the molecule is C#CC(C)(C)NC(=O)Nc1ccc(C(=O)O)nc1. The van der Waals surface area contributed by atoms with Gasteiger partial charge in [0.25, 0.3) is 0 Å². The molecule has 0 fully saturated rings. The van der Waals surface area contributed by atoms with E-state index in [1.807, 2.05) is 0 Å². The predicted molar refractivity (Wildman–Crippen MR) is 66.3 cm³/mol. The number of carboxylic acid groups (broad SMARTS) is 1. The largest absolute Gasteiger partial charge is 0.477 e. The number of nitrogens with one attached hydrogen (secondary N) is 2. The molecule has 1 rings (SSSR count). The van der Waals surface area contributed by atoms with Crippen molar-refractivity contribution in [2.24, 2.45) is 0 Å². The molecule has 0 atom stereocenters. The average molecular weight is 247 g/mol. The van der Waals surface area contributed by atoms with Gasteiger partial charge >= 0.3 is 12.0 Å². The Morgan fingerprint density at radius 3 is 2.56 bits per heavy atom. The summed E-state index contributed by atoms with van der Waals surface area (Å²) in [5.41, 5.74) is -0.478. The Hall–Kier alpha value is -2.55. The number of rotatable bonds is 3. The monoisotopic (exact) mass is 247 g/mol. The molecule has 3 N–H and O–H groups in total. The van der Waals surface area contributed by atoms with Gasteiger partial charge in [0.1, 0.15) is 5.69 Å². The molecule has 6 nitrogen and oxygen atoms in total. The van der Waals surface area contributed by atoms with Crippen LogP contribution in [0.15, 0.2) is 18.3 Å². The van der Waals surface area contributed by atoms with Gasteiger partial charge in [0.05, 0.1) is 17.4 Å². The van der Waals surface area contributed by atoms with Crippen LogP contribution in [0.4, 0.5) is 10.5 Å². The highest BCUT2D eigenvalue weighted by Crippen LogP contribution is 2.07. The van der Waals surface area contributed by atoms with E-state index in [1.54, 1.807) is 13.8 Å². The number of nitrogens with zero attached hydrogens (tertiary/aromatic N) is 1. The molecule has 0 unspecified atom stereocenters. The van der Waals surface area contributed by atoms with Gasteiger partial charge in [-0.3, -0.25) is 0 Å². The molecule has 0 aliphatic carbocycles. The minimum absolute atomic E-state index is 0.0927. The Balaban J connectivity index is 2.66. The highest BCUT2D eigenvalue weighted by molar-refractivity contribution is 5.90. The van der Waals surface area contributed by atoms with E-state index in [-0.39, 0.29) is 5.69 Å². The van der Waals surface area contributed by atoms with E-state index >= 15 is 0 Å². The summed E-state index contributed by atoms with van der Waals surface area (Å²) in [6, 6.07) is 2.26. The molecule has 18 heavy (non-hydrogen) atoms. The molecule has 1 heterocycles. The number of pyridine rings is 1. The van der Waals surface area contributed by atoms with Crippen LogP contribution in [-0.2, 0) is 0 Å². The summed E-state index contributed by atoms with van der Waals surface area (Å²) in [6.45, 7) is 3.36. The summed E-state index contributed by atoms with van der Waals surface area (Å²) in [5.74, 6) is 1.29.